The molecule has 0 unspecified atom stereocenters. The van der Waals surface area contributed by atoms with E-state index in [2.05, 4.69) is 26.7 Å². The number of H-pyrrole nitrogens is 1. The zero-order valence-corrected chi connectivity index (χ0v) is 24.0. The van der Waals surface area contributed by atoms with Crippen LogP contribution >= 0.6 is 11.3 Å². The number of hydrogen-bond acceptors (Lipinski definition) is 12. The smallest absolute Gasteiger partial charge is 0.277 e. The van der Waals surface area contributed by atoms with Crippen LogP contribution in [-0.4, -0.2) is 106 Å². The Morgan fingerprint density at radius 2 is 1.91 bits per heavy atom. The van der Waals surface area contributed by atoms with Gasteiger partial charge >= 0.3 is 0 Å². The van der Waals surface area contributed by atoms with E-state index in [0.29, 0.717) is 69.0 Å². The van der Waals surface area contributed by atoms with Gasteiger partial charge < -0.3 is 25.2 Å². The Morgan fingerprint density at radius 1 is 1.14 bits per heavy atom. The maximum Gasteiger partial charge on any atom is 0.277 e. The van der Waals surface area contributed by atoms with E-state index < -0.39 is 5.91 Å². The van der Waals surface area contributed by atoms with Gasteiger partial charge in [0.25, 0.3) is 11.8 Å². The Balaban J connectivity index is 1.24. The second kappa shape index (κ2) is 12.2. The number of carbonyl (C=O) groups excluding carboxylic acids is 2. The lowest BCUT2D eigenvalue weighted by molar-refractivity contribution is -0.124. The van der Waals surface area contributed by atoms with Gasteiger partial charge in [-0.15, -0.1) is 11.3 Å². The first kappa shape index (κ1) is 28.3. The van der Waals surface area contributed by atoms with Crippen LogP contribution in [0.25, 0.3) is 32.5 Å². The topological polar surface area (TPSA) is 178 Å². The fourth-order valence-electron chi connectivity index (χ4n) is 5.08. The number of rotatable bonds is 7. The standard InChI is InChI=1S/C28H30N10O4S/c1-17(30-15-18(14-29)27(39)35-41)36-5-7-38(8-6-36)28(40)23-13-22-24(43-23)26(37-9-11-42-12-10-37)33-25(32-22)19-3-2-4-21-20(19)16-31-34-21/h2-4,13-16,41H,1,5-12,29H2,(H,31,34)(H,35,39)/b18-14+,30-15-. The SMILES string of the molecule is C=C(/N=C\C(=C/N)C(=O)NO)N1CCN(C(=O)c2cc3nc(-c4cccc5[nH]ncc45)nc(N4CCOCC4)c3s2)CC1. The minimum atomic E-state index is -0.773. The third kappa shape index (κ3) is 5.64. The van der Waals surface area contributed by atoms with Gasteiger partial charge in [-0.05, 0) is 12.1 Å². The van der Waals surface area contributed by atoms with Crippen LogP contribution in [0.3, 0.4) is 0 Å². The maximum atomic E-state index is 13.7. The van der Waals surface area contributed by atoms with Crippen LogP contribution in [0.2, 0.25) is 0 Å². The van der Waals surface area contributed by atoms with Gasteiger partial charge in [0, 0.05) is 62.6 Å². The van der Waals surface area contributed by atoms with Gasteiger partial charge in [0.1, 0.15) is 5.82 Å². The molecule has 0 aliphatic carbocycles. The molecule has 5 N–H and O–H groups in total. The molecule has 2 fully saturated rings. The van der Waals surface area contributed by atoms with Crippen LogP contribution < -0.4 is 16.1 Å². The molecule has 3 aromatic heterocycles. The highest BCUT2D eigenvalue weighted by molar-refractivity contribution is 7.21. The molecular formula is C28H30N10O4S. The molecule has 14 nitrogen and oxygen atoms in total. The lowest BCUT2D eigenvalue weighted by Gasteiger charge is -2.35. The number of thiophene rings is 1. The van der Waals surface area contributed by atoms with Crippen LogP contribution in [0, 0.1) is 0 Å². The van der Waals surface area contributed by atoms with Crippen LogP contribution in [0.4, 0.5) is 5.82 Å². The van der Waals surface area contributed by atoms with E-state index in [1.54, 1.807) is 11.1 Å². The van der Waals surface area contributed by atoms with Crippen LogP contribution in [-0.2, 0) is 9.53 Å². The van der Waals surface area contributed by atoms with Crippen molar-refractivity contribution in [2.24, 2.45) is 10.7 Å². The minimum Gasteiger partial charge on any atom is -0.404 e. The number of aromatic amines is 1. The van der Waals surface area contributed by atoms with Crippen molar-refractivity contribution in [3.63, 3.8) is 0 Å². The van der Waals surface area contributed by atoms with Crippen LogP contribution in [0.5, 0.6) is 0 Å². The number of aliphatic imine (C=N–C) groups is 1. The number of carbonyl (C=O) groups is 2. The average Bonchev–Trinajstić information content (AvgIpc) is 3.72. The quantitative estimate of drug-likeness (QED) is 0.105. The molecule has 1 aromatic carbocycles. The second-order valence-electron chi connectivity index (χ2n) is 9.95. The van der Waals surface area contributed by atoms with Crippen molar-refractivity contribution in [2.75, 3.05) is 57.4 Å². The molecule has 15 heteroatoms. The van der Waals surface area contributed by atoms with Gasteiger partial charge in [0.05, 0.1) is 45.6 Å². The monoisotopic (exact) mass is 602 g/mol. The Bertz CT molecular complexity index is 1750. The van der Waals surface area contributed by atoms with Crippen molar-refractivity contribution in [1.82, 2.24) is 35.4 Å². The van der Waals surface area contributed by atoms with Crippen molar-refractivity contribution in [3.8, 4) is 11.4 Å². The molecule has 6 rings (SSSR count). The Morgan fingerprint density at radius 3 is 2.65 bits per heavy atom. The van der Waals surface area contributed by atoms with E-state index >= 15 is 0 Å². The molecule has 2 aliphatic rings. The van der Waals surface area contributed by atoms with Crippen molar-refractivity contribution in [1.29, 1.82) is 0 Å². The highest BCUT2D eigenvalue weighted by Crippen LogP contribution is 2.36. The molecule has 222 valence electrons. The number of amides is 2. The summed E-state index contributed by atoms with van der Waals surface area (Å²) in [6, 6.07) is 7.74. The number of aromatic nitrogens is 4. The zero-order valence-electron chi connectivity index (χ0n) is 23.2. The first-order chi connectivity index (χ1) is 21.0. The molecule has 2 saturated heterocycles. The lowest BCUT2D eigenvalue weighted by Crippen LogP contribution is -2.47. The minimum absolute atomic E-state index is 0.00798. The third-order valence-electron chi connectivity index (χ3n) is 7.43. The van der Waals surface area contributed by atoms with E-state index in [1.807, 2.05) is 29.2 Å². The summed E-state index contributed by atoms with van der Waals surface area (Å²) in [6.45, 7) is 8.52. The Hall–Kier alpha value is -4.86. The fraction of sp³-hybridized carbons (Fsp3) is 0.286. The Kier molecular flexibility index (Phi) is 8.00. The van der Waals surface area contributed by atoms with Crippen molar-refractivity contribution in [2.45, 2.75) is 0 Å². The van der Waals surface area contributed by atoms with E-state index in [4.69, 9.17) is 25.6 Å². The fourth-order valence-corrected chi connectivity index (χ4v) is 6.17. The summed E-state index contributed by atoms with van der Waals surface area (Å²) in [5, 5.41) is 16.9. The summed E-state index contributed by atoms with van der Waals surface area (Å²) in [6.07, 6.45) is 4.05. The molecule has 0 spiro atoms. The van der Waals surface area contributed by atoms with Gasteiger partial charge in [-0.25, -0.2) is 20.4 Å². The molecule has 43 heavy (non-hydrogen) atoms. The molecule has 0 radical (unpaired) electrons. The number of anilines is 1. The first-order valence-electron chi connectivity index (χ1n) is 13.7. The highest BCUT2D eigenvalue weighted by atomic mass is 32.1. The van der Waals surface area contributed by atoms with Crippen molar-refractivity contribution >= 4 is 56.3 Å². The summed E-state index contributed by atoms with van der Waals surface area (Å²) >= 11 is 1.41. The largest absolute Gasteiger partial charge is 0.404 e. The van der Waals surface area contributed by atoms with Gasteiger partial charge in [-0.2, -0.15) is 5.10 Å². The van der Waals surface area contributed by atoms with Gasteiger partial charge in [-0.1, -0.05) is 18.7 Å². The van der Waals surface area contributed by atoms with E-state index in [-0.39, 0.29) is 11.5 Å². The van der Waals surface area contributed by atoms with Gasteiger partial charge in [0.15, 0.2) is 11.6 Å². The van der Waals surface area contributed by atoms with Crippen LogP contribution in [0.15, 0.2) is 59.6 Å². The van der Waals surface area contributed by atoms with E-state index in [9.17, 15) is 9.59 Å². The molecule has 0 saturated carbocycles. The molecule has 2 aliphatic heterocycles. The van der Waals surface area contributed by atoms with E-state index in [1.165, 1.54) is 23.0 Å². The summed E-state index contributed by atoms with van der Waals surface area (Å²) in [5.74, 6) is 0.952. The average molecular weight is 603 g/mol. The number of hydrogen-bond donors (Lipinski definition) is 4. The second-order valence-corrected chi connectivity index (χ2v) is 11.0. The lowest BCUT2D eigenvalue weighted by atomic mass is 10.1. The number of ether oxygens (including phenoxy) is 1. The van der Waals surface area contributed by atoms with Gasteiger partial charge in [-0.3, -0.25) is 19.9 Å². The number of fused-ring (bicyclic) bond motifs is 2. The molecule has 2 amide bonds. The number of benzene rings is 1. The number of nitrogens with zero attached hydrogens (tertiary/aromatic N) is 7. The number of morpholine rings is 1. The maximum absolute atomic E-state index is 13.7. The zero-order chi connectivity index (χ0) is 29.9. The number of piperazine rings is 1. The third-order valence-corrected chi connectivity index (χ3v) is 8.54. The summed E-state index contributed by atoms with van der Waals surface area (Å²) in [4.78, 5) is 45.9. The molecular weight excluding hydrogens is 572 g/mol. The number of nitrogens with two attached hydrogens (primary N) is 1. The molecule has 0 bridgehead atoms. The molecule has 5 heterocycles. The number of nitrogens with one attached hydrogen (secondary N) is 2. The normalized spacial score (nSPS) is 16.4. The predicted molar refractivity (Wildman–Crippen MR) is 163 cm³/mol. The van der Waals surface area contributed by atoms with Crippen molar-refractivity contribution in [3.05, 3.63) is 59.5 Å². The summed E-state index contributed by atoms with van der Waals surface area (Å²) in [7, 11) is 0. The van der Waals surface area contributed by atoms with E-state index in [0.717, 1.165) is 38.7 Å². The predicted octanol–water partition coefficient (Wildman–Crippen LogP) is 1.72. The van der Waals surface area contributed by atoms with Crippen LogP contribution in [0.1, 0.15) is 9.67 Å². The van der Waals surface area contributed by atoms with Crippen molar-refractivity contribution < 1.29 is 19.5 Å². The first-order valence-corrected chi connectivity index (χ1v) is 14.5. The highest BCUT2D eigenvalue weighted by Gasteiger charge is 2.27. The molecule has 0 atom stereocenters. The number of hydroxylamine groups is 1. The Labute approximate surface area is 250 Å². The van der Waals surface area contributed by atoms with Gasteiger partial charge in [0.2, 0.25) is 0 Å². The summed E-state index contributed by atoms with van der Waals surface area (Å²) in [5.41, 5.74) is 9.42. The molecule has 4 aromatic rings. The summed E-state index contributed by atoms with van der Waals surface area (Å²) < 4.78 is 6.45.